The van der Waals surface area contributed by atoms with Crippen LogP contribution < -0.4 is 0 Å². The minimum absolute atomic E-state index is 0.227. The molecule has 0 aliphatic heterocycles. The molecule has 0 saturated carbocycles. The van der Waals surface area contributed by atoms with Crippen LogP contribution in [0.25, 0.3) is 20.9 Å². The van der Waals surface area contributed by atoms with Gasteiger partial charge in [0.2, 0.25) is 0 Å². The highest BCUT2D eigenvalue weighted by atomic mass is 17.1. The molecule has 13 heavy (non-hydrogen) atoms. The second-order valence-electron chi connectivity index (χ2n) is 1.93. The van der Waals surface area contributed by atoms with E-state index >= 15 is 0 Å². The zero-order valence-electron chi connectivity index (χ0n) is 6.44. The van der Waals surface area contributed by atoms with Gasteiger partial charge in [0.15, 0.2) is 0 Å². The van der Waals surface area contributed by atoms with Crippen molar-refractivity contribution in [2.75, 3.05) is 13.1 Å². The quantitative estimate of drug-likeness (QED) is 0.226. The molecular weight excluding hydrogens is 180 g/mol. The van der Waals surface area contributed by atoms with Gasteiger partial charge >= 0.3 is 5.97 Å². The molecule has 0 aliphatic carbocycles. The van der Waals surface area contributed by atoms with Crippen molar-refractivity contribution < 1.29 is 14.9 Å². The van der Waals surface area contributed by atoms with Gasteiger partial charge in [0.25, 0.3) is 0 Å². The number of hydrogen-bond donors (Lipinski definition) is 1. The van der Waals surface area contributed by atoms with Crippen molar-refractivity contribution >= 4 is 5.97 Å². The Morgan fingerprint density at radius 2 is 1.85 bits per heavy atom. The SMILES string of the molecule is [N-]=[N+]=NCC(CN=[N+]=[N-])C(=O)OO. The molecule has 0 aliphatic rings. The average Bonchev–Trinajstić information content (AvgIpc) is 2.17. The van der Waals surface area contributed by atoms with E-state index in [1.54, 1.807) is 0 Å². The molecule has 0 spiro atoms. The van der Waals surface area contributed by atoms with E-state index in [2.05, 4.69) is 24.9 Å². The molecule has 0 radical (unpaired) electrons. The number of rotatable bonds is 5. The summed E-state index contributed by atoms with van der Waals surface area (Å²) in [5, 5.41) is 14.1. The van der Waals surface area contributed by atoms with Crippen LogP contribution in [0.3, 0.4) is 0 Å². The maximum atomic E-state index is 10.7. The lowest BCUT2D eigenvalue weighted by atomic mass is 10.1. The maximum absolute atomic E-state index is 10.7. The number of carbonyl (C=O) groups excluding carboxylic acids is 1. The van der Waals surface area contributed by atoms with Crippen LogP contribution in [-0.4, -0.2) is 24.3 Å². The molecule has 9 nitrogen and oxygen atoms in total. The molecule has 0 aromatic rings. The van der Waals surface area contributed by atoms with E-state index in [-0.39, 0.29) is 13.1 Å². The van der Waals surface area contributed by atoms with Crippen molar-refractivity contribution in [2.24, 2.45) is 16.1 Å². The topological polar surface area (TPSA) is 144 Å². The predicted molar refractivity (Wildman–Crippen MR) is 40.2 cm³/mol. The first-order valence-corrected chi connectivity index (χ1v) is 3.13. The summed E-state index contributed by atoms with van der Waals surface area (Å²) in [6.45, 7) is -0.455. The molecule has 0 atom stereocenters. The van der Waals surface area contributed by atoms with E-state index in [0.29, 0.717) is 0 Å². The van der Waals surface area contributed by atoms with Gasteiger partial charge < -0.3 is 4.89 Å². The normalized spacial score (nSPS) is 10.5. The molecule has 0 amide bonds. The third kappa shape index (κ3) is 4.49. The van der Waals surface area contributed by atoms with Gasteiger partial charge in [0, 0.05) is 22.9 Å². The van der Waals surface area contributed by atoms with Crippen LogP contribution in [0.4, 0.5) is 0 Å². The Hall–Kier alpha value is -1.95. The Balaban J connectivity index is 4.24. The van der Waals surface area contributed by atoms with Crippen LogP contribution in [0.5, 0.6) is 0 Å². The minimum atomic E-state index is -1.00. The fourth-order valence-corrected chi connectivity index (χ4v) is 0.551. The number of azide groups is 2. The zero-order valence-corrected chi connectivity index (χ0v) is 6.44. The molecule has 0 rings (SSSR count). The smallest absolute Gasteiger partial charge is 0.301 e. The lowest BCUT2D eigenvalue weighted by Gasteiger charge is -2.05. The minimum Gasteiger partial charge on any atom is -0.301 e. The van der Waals surface area contributed by atoms with E-state index in [4.69, 9.17) is 16.3 Å². The summed E-state index contributed by atoms with van der Waals surface area (Å²) in [6.07, 6.45) is 0. The van der Waals surface area contributed by atoms with Crippen LogP contribution in [0.1, 0.15) is 0 Å². The third-order valence-corrected chi connectivity index (χ3v) is 1.15. The first kappa shape index (κ1) is 11.1. The summed E-state index contributed by atoms with van der Waals surface area (Å²) in [6, 6.07) is 0. The molecule has 70 valence electrons. The van der Waals surface area contributed by atoms with Crippen LogP contribution in [-0.2, 0) is 9.68 Å². The summed E-state index contributed by atoms with van der Waals surface area (Å²) in [4.78, 5) is 18.9. The Morgan fingerprint density at radius 1 is 1.38 bits per heavy atom. The molecule has 0 bridgehead atoms. The second-order valence-corrected chi connectivity index (χ2v) is 1.93. The van der Waals surface area contributed by atoms with E-state index in [1.807, 2.05) is 0 Å². The van der Waals surface area contributed by atoms with Gasteiger partial charge in [-0.15, -0.1) is 0 Å². The average molecular weight is 186 g/mol. The molecular formula is C4H6N6O3. The molecule has 1 N–H and O–H groups in total. The fraction of sp³-hybridized carbons (Fsp3) is 0.750. The summed E-state index contributed by atoms with van der Waals surface area (Å²) in [5.41, 5.74) is 15.9. The highest BCUT2D eigenvalue weighted by Crippen LogP contribution is 2.01. The van der Waals surface area contributed by atoms with Gasteiger partial charge in [0.1, 0.15) is 0 Å². The van der Waals surface area contributed by atoms with Crippen LogP contribution in [0.2, 0.25) is 0 Å². The summed E-state index contributed by atoms with van der Waals surface area (Å²) in [5.74, 6) is -1.95. The second kappa shape index (κ2) is 6.74. The summed E-state index contributed by atoms with van der Waals surface area (Å²) >= 11 is 0. The Bertz CT molecular complexity index is 245. The predicted octanol–water partition coefficient (Wildman–Crippen LogP) is 1.24. The molecule has 0 saturated heterocycles. The first-order chi connectivity index (χ1) is 6.26. The highest BCUT2D eigenvalue weighted by Gasteiger charge is 2.18. The summed E-state index contributed by atoms with van der Waals surface area (Å²) < 4.78 is 0. The monoisotopic (exact) mass is 186 g/mol. The Kier molecular flexibility index (Phi) is 5.73. The van der Waals surface area contributed by atoms with E-state index in [1.165, 1.54) is 0 Å². The Labute approximate surface area is 72.1 Å². The van der Waals surface area contributed by atoms with E-state index < -0.39 is 11.9 Å². The van der Waals surface area contributed by atoms with Crippen LogP contribution in [0, 0.1) is 5.92 Å². The molecule has 0 heterocycles. The van der Waals surface area contributed by atoms with Gasteiger partial charge in [-0.1, -0.05) is 10.2 Å². The number of nitrogens with zero attached hydrogens (tertiary/aromatic N) is 6. The lowest BCUT2D eigenvalue weighted by molar-refractivity contribution is -0.238. The van der Waals surface area contributed by atoms with E-state index in [0.717, 1.165) is 0 Å². The fourth-order valence-electron chi connectivity index (χ4n) is 0.551. The van der Waals surface area contributed by atoms with Gasteiger partial charge in [-0.05, 0) is 11.1 Å². The van der Waals surface area contributed by atoms with Crippen molar-refractivity contribution in [1.29, 1.82) is 0 Å². The van der Waals surface area contributed by atoms with Crippen molar-refractivity contribution in [1.82, 2.24) is 0 Å². The van der Waals surface area contributed by atoms with Gasteiger partial charge in [-0.3, -0.25) is 0 Å². The van der Waals surface area contributed by atoms with Gasteiger partial charge in [-0.2, -0.15) is 5.26 Å². The first-order valence-electron chi connectivity index (χ1n) is 3.13. The lowest BCUT2D eigenvalue weighted by Crippen LogP contribution is -2.21. The molecule has 0 aromatic carbocycles. The van der Waals surface area contributed by atoms with Crippen LogP contribution >= 0.6 is 0 Å². The summed E-state index contributed by atoms with van der Waals surface area (Å²) in [7, 11) is 0. The third-order valence-electron chi connectivity index (χ3n) is 1.15. The largest absolute Gasteiger partial charge is 0.345 e. The van der Waals surface area contributed by atoms with Crippen molar-refractivity contribution in [3.05, 3.63) is 20.9 Å². The Morgan fingerprint density at radius 3 is 2.15 bits per heavy atom. The zero-order chi connectivity index (χ0) is 10.1. The molecule has 0 aromatic heterocycles. The standard InChI is InChI=1S/C4H6N6O3/c5-9-7-1-3(2-8-10-6)4(11)13-12/h3,12H,1-2H2. The highest BCUT2D eigenvalue weighted by molar-refractivity contribution is 5.72. The number of carbonyl (C=O) groups is 1. The molecule has 9 heteroatoms. The van der Waals surface area contributed by atoms with Crippen molar-refractivity contribution in [3.63, 3.8) is 0 Å². The van der Waals surface area contributed by atoms with E-state index in [9.17, 15) is 4.79 Å². The number of hydrogen-bond acceptors (Lipinski definition) is 5. The maximum Gasteiger partial charge on any atom is 0.345 e. The van der Waals surface area contributed by atoms with Crippen molar-refractivity contribution in [2.45, 2.75) is 0 Å². The van der Waals surface area contributed by atoms with Gasteiger partial charge in [-0.25, -0.2) is 4.79 Å². The molecule has 0 fully saturated rings. The van der Waals surface area contributed by atoms with Crippen LogP contribution in [0.15, 0.2) is 10.2 Å². The van der Waals surface area contributed by atoms with Gasteiger partial charge in [0.05, 0.1) is 5.92 Å². The molecule has 0 unspecified atom stereocenters. The van der Waals surface area contributed by atoms with Crippen molar-refractivity contribution in [3.8, 4) is 0 Å².